The van der Waals surface area contributed by atoms with Gasteiger partial charge in [0.05, 0.1) is 14.2 Å². The maximum Gasteiger partial charge on any atom is 0.317 e. The molecule has 0 aromatic carbocycles. The van der Waals surface area contributed by atoms with E-state index in [4.69, 9.17) is 9.47 Å². The average Bonchev–Trinajstić information content (AvgIpc) is 2.44. The van der Waals surface area contributed by atoms with Crippen LogP contribution in [0.1, 0.15) is 12.8 Å². The third kappa shape index (κ3) is 1.45. The Kier molecular flexibility index (Phi) is 3.11. The van der Waals surface area contributed by atoms with Crippen LogP contribution in [0.3, 0.4) is 0 Å². The van der Waals surface area contributed by atoms with Gasteiger partial charge >= 0.3 is 11.9 Å². The highest BCUT2D eigenvalue weighted by molar-refractivity contribution is 5.93. The van der Waals surface area contributed by atoms with Crippen LogP contribution in [0.25, 0.3) is 0 Å². The van der Waals surface area contributed by atoms with Gasteiger partial charge in [0.15, 0.2) is 0 Å². The Morgan fingerprint density at radius 3 is 1.61 bits per heavy atom. The van der Waals surface area contributed by atoms with Crippen LogP contribution in [0, 0.1) is 10.8 Å². The molecule has 4 heteroatoms. The largest absolute Gasteiger partial charge is 0.468 e. The van der Waals surface area contributed by atoms with Gasteiger partial charge in [0.2, 0.25) is 0 Å². The number of rotatable bonds is 2. The summed E-state index contributed by atoms with van der Waals surface area (Å²) >= 11 is 0. The van der Waals surface area contributed by atoms with E-state index in [9.17, 15) is 9.59 Å². The van der Waals surface area contributed by atoms with Crippen LogP contribution in [0.2, 0.25) is 0 Å². The average molecular weight is 248 g/mol. The van der Waals surface area contributed by atoms with Crippen molar-refractivity contribution in [3.63, 3.8) is 0 Å². The highest BCUT2D eigenvalue weighted by Crippen LogP contribution is 2.53. The lowest BCUT2D eigenvalue weighted by Gasteiger charge is -2.45. The van der Waals surface area contributed by atoms with Gasteiger partial charge in [0.1, 0.15) is 10.8 Å². The molecule has 0 amide bonds. The van der Waals surface area contributed by atoms with E-state index in [1.165, 1.54) is 14.2 Å². The van der Waals surface area contributed by atoms with Crippen LogP contribution in [0.5, 0.6) is 0 Å². The molecule has 0 unspecified atom stereocenters. The number of allylic oxidation sites excluding steroid dienone is 4. The molecule has 0 fully saturated rings. The van der Waals surface area contributed by atoms with Crippen LogP contribution in [-0.2, 0) is 19.1 Å². The first-order valence-electron chi connectivity index (χ1n) is 5.82. The predicted octanol–water partition coefficient (Wildman–Crippen LogP) is 1.78. The molecule has 0 aliphatic heterocycles. The summed E-state index contributed by atoms with van der Waals surface area (Å²) in [6.45, 7) is 0. The Balaban J connectivity index is 2.60. The Labute approximate surface area is 106 Å². The van der Waals surface area contributed by atoms with E-state index >= 15 is 0 Å². The van der Waals surface area contributed by atoms with Gasteiger partial charge in [-0.05, 0) is 12.8 Å². The quantitative estimate of drug-likeness (QED) is 0.552. The van der Waals surface area contributed by atoms with Gasteiger partial charge in [0.25, 0.3) is 0 Å². The molecule has 0 aromatic rings. The third-order valence-electron chi connectivity index (χ3n) is 3.81. The van der Waals surface area contributed by atoms with Crippen molar-refractivity contribution in [2.45, 2.75) is 12.8 Å². The van der Waals surface area contributed by atoms with Crippen LogP contribution < -0.4 is 0 Å². The fourth-order valence-electron chi connectivity index (χ4n) is 2.81. The summed E-state index contributed by atoms with van der Waals surface area (Å²) < 4.78 is 9.81. The van der Waals surface area contributed by atoms with Crippen molar-refractivity contribution in [2.75, 3.05) is 14.2 Å². The second-order valence-corrected chi connectivity index (χ2v) is 4.52. The SMILES string of the molecule is COC(=O)[C@]12C=CC=C[C@]1(C(=O)OC)CC=CC2. The van der Waals surface area contributed by atoms with E-state index in [0.717, 1.165) is 0 Å². The number of carbonyl (C=O) groups excluding carboxylic acids is 2. The summed E-state index contributed by atoms with van der Waals surface area (Å²) in [4.78, 5) is 24.4. The van der Waals surface area contributed by atoms with E-state index in [1.54, 1.807) is 24.3 Å². The molecule has 96 valence electrons. The number of fused-ring (bicyclic) bond motifs is 1. The molecular formula is C14H16O4. The zero-order valence-electron chi connectivity index (χ0n) is 10.5. The minimum Gasteiger partial charge on any atom is -0.468 e. The van der Waals surface area contributed by atoms with Gasteiger partial charge in [-0.15, -0.1) is 0 Å². The predicted molar refractivity (Wildman–Crippen MR) is 65.6 cm³/mol. The number of ether oxygens (including phenoxy) is 2. The van der Waals surface area contributed by atoms with Gasteiger partial charge < -0.3 is 9.47 Å². The van der Waals surface area contributed by atoms with Crippen LogP contribution in [0.15, 0.2) is 36.5 Å². The lowest BCUT2D eigenvalue weighted by molar-refractivity contribution is -0.169. The summed E-state index contributed by atoms with van der Waals surface area (Å²) in [7, 11) is 2.67. The Bertz CT molecular complexity index is 418. The van der Waals surface area contributed by atoms with E-state index < -0.39 is 22.8 Å². The zero-order valence-corrected chi connectivity index (χ0v) is 10.5. The number of carbonyl (C=O) groups is 2. The number of hydrogen-bond acceptors (Lipinski definition) is 4. The Hall–Kier alpha value is -1.84. The second kappa shape index (κ2) is 4.44. The molecule has 2 aliphatic carbocycles. The van der Waals surface area contributed by atoms with E-state index in [2.05, 4.69) is 0 Å². The second-order valence-electron chi connectivity index (χ2n) is 4.52. The molecule has 0 saturated carbocycles. The van der Waals surface area contributed by atoms with Crippen LogP contribution in [-0.4, -0.2) is 26.2 Å². The summed E-state index contributed by atoms with van der Waals surface area (Å²) in [6, 6.07) is 0. The van der Waals surface area contributed by atoms with Crippen molar-refractivity contribution in [3.05, 3.63) is 36.5 Å². The minimum absolute atomic E-state index is 0.405. The van der Waals surface area contributed by atoms with Crippen molar-refractivity contribution in [2.24, 2.45) is 10.8 Å². The van der Waals surface area contributed by atoms with Crippen molar-refractivity contribution in [3.8, 4) is 0 Å². The van der Waals surface area contributed by atoms with Gasteiger partial charge in [0, 0.05) is 0 Å². The molecule has 0 aromatic heterocycles. The number of esters is 2. The maximum absolute atomic E-state index is 12.2. The van der Waals surface area contributed by atoms with Gasteiger partial charge in [-0.25, -0.2) is 0 Å². The topological polar surface area (TPSA) is 52.6 Å². The fraction of sp³-hybridized carbons (Fsp3) is 0.429. The first-order valence-corrected chi connectivity index (χ1v) is 5.82. The molecular weight excluding hydrogens is 232 g/mol. The highest BCUT2D eigenvalue weighted by atomic mass is 16.5. The lowest BCUT2D eigenvalue weighted by atomic mass is 9.56. The van der Waals surface area contributed by atoms with Crippen molar-refractivity contribution < 1.29 is 19.1 Å². The fourth-order valence-corrected chi connectivity index (χ4v) is 2.81. The standard InChI is InChI=1S/C14H16O4/c1-17-11(15)13-7-3-5-9-14(13,12(16)18-2)10-6-4-8-13/h3-7,9H,8,10H2,1-2H3/t13-,14-/m1/s1. The normalized spacial score (nSPS) is 32.8. The summed E-state index contributed by atoms with van der Waals surface area (Å²) in [5.74, 6) is -0.810. The maximum atomic E-state index is 12.2. The number of methoxy groups -OCH3 is 2. The van der Waals surface area contributed by atoms with Gasteiger partial charge in [-0.3, -0.25) is 9.59 Å². The summed E-state index contributed by atoms with van der Waals surface area (Å²) in [5.41, 5.74) is -1.98. The Morgan fingerprint density at radius 2 is 1.28 bits per heavy atom. The molecule has 0 spiro atoms. The van der Waals surface area contributed by atoms with Crippen LogP contribution >= 0.6 is 0 Å². The molecule has 2 aliphatic rings. The highest BCUT2D eigenvalue weighted by Gasteiger charge is 2.60. The molecule has 0 bridgehead atoms. The van der Waals surface area contributed by atoms with E-state index in [1.807, 2.05) is 12.2 Å². The Morgan fingerprint density at radius 1 is 0.889 bits per heavy atom. The molecule has 18 heavy (non-hydrogen) atoms. The summed E-state index contributed by atoms with van der Waals surface area (Å²) in [6.07, 6.45) is 11.7. The number of hydrogen-bond donors (Lipinski definition) is 0. The molecule has 4 nitrogen and oxygen atoms in total. The molecule has 0 N–H and O–H groups in total. The lowest BCUT2D eigenvalue weighted by Crippen LogP contribution is -2.53. The van der Waals surface area contributed by atoms with E-state index in [0.29, 0.717) is 12.8 Å². The van der Waals surface area contributed by atoms with Crippen molar-refractivity contribution in [1.29, 1.82) is 0 Å². The van der Waals surface area contributed by atoms with Crippen molar-refractivity contribution >= 4 is 11.9 Å². The minimum atomic E-state index is -0.988. The van der Waals surface area contributed by atoms with Gasteiger partial charge in [-0.2, -0.15) is 0 Å². The van der Waals surface area contributed by atoms with Gasteiger partial charge in [-0.1, -0.05) is 36.5 Å². The molecule has 0 heterocycles. The third-order valence-corrected chi connectivity index (χ3v) is 3.81. The van der Waals surface area contributed by atoms with Crippen molar-refractivity contribution in [1.82, 2.24) is 0 Å². The van der Waals surface area contributed by atoms with E-state index in [-0.39, 0.29) is 0 Å². The van der Waals surface area contributed by atoms with Crippen LogP contribution in [0.4, 0.5) is 0 Å². The smallest absolute Gasteiger partial charge is 0.317 e. The molecule has 0 radical (unpaired) electrons. The zero-order chi connectivity index (χ0) is 13.2. The molecule has 2 rings (SSSR count). The first kappa shape index (κ1) is 12.6. The first-order chi connectivity index (χ1) is 8.63. The molecule has 0 saturated heterocycles. The molecule has 2 atom stereocenters. The summed E-state index contributed by atoms with van der Waals surface area (Å²) in [5, 5.41) is 0. The monoisotopic (exact) mass is 248 g/mol.